The van der Waals surface area contributed by atoms with E-state index in [1.807, 2.05) is 49.4 Å². The highest BCUT2D eigenvalue weighted by atomic mass is 16.3. The maximum Gasteiger partial charge on any atom is 0.322 e. The third-order valence-corrected chi connectivity index (χ3v) is 4.82. The van der Waals surface area contributed by atoms with Gasteiger partial charge in [-0.1, -0.05) is 42.5 Å². The summed E-state index contributed by atoms with van der Waals surface area (Å²) in [5, 5.41) is 15.6. The Balaban J connectivity index is 1.57. The molecule has 2 atom stereocenters. The summed E-state index contributed by atoms with van der Waals surface area (Å²) in [6, 6.07) is 16.1. The number of anilines is 1. The number of urea groups is 1. The number of likely N-dealkylation sites (tertiary alicyclic amines) is 1. The van der Waals surface area contributed by atoms with Gasteiger partial charge in [0.1, 0.15) is 6.04 Å². The summed E-state index contributed by atoms with van der Waals surface area (Å²) < 4.78 is 0. The number of rotatable bonds is 5. The predicted octanol–water partition coefficient (Wildman–Crippen LogP) is 2.32. The topological polar surface area (TPSA) is 81.7 Å². The highest BCUT2D eigenvalue weighted by Crippen LogP contribution is 2.20. The van der Waals surface area contributed by atoms with E-state index in [2.05, 4.69) is 10.6 Å². The van der Waals surface area contributed by atoms with Crippen molar-refractivity contribution in [2.75, 3.05) is 18.4 Å². The molecule has 1 aliphatic rings. The molecule has 3 amide bonds. The molecular formula is C21H25N3O3. The number of hydrogen-bond acceptors (Lipinski definition) is 3. The number of nitrogens with zero attached hydrogens (tertiary/aromatic N) is 1. The van der Waals surface area contributed by atoms with E-state index in [-0.39, 0.29) is 24.9 Å². The van der Waals surface area contributed by atoms with Gasteiger partial charge in [-0.15, -0.1) is 0 Å². The Morgan fingerprint density at radius 2 is 1.81 bits per heavy atom. The quantitative estimate of drug-likeness (QED) is 0.759. The summed E-state index contributed by atoms with van der Waals surface area (Å²) in [6.45, 7) is 2.68. The normalized spacial score (nSPS) is 19.0. The molecule has 2 aromatic rings. The molecular weight excluding hydrogens is 342 g/mol. The van der Waals surface area contributed by atoms with Crippen LogP contribution in [0.15, 0.2) is 54.6 Å². The molecule has 6 nitrogen and oxygen atoms in total. The Bertz CT molecular complexity index is 794. The minimum Gasteiger partial charge on any atom is -0.391 e. The van der Waals surface area contributed by atoms with E-state index in [4.69, 9.17) is 0 Å². The van der Waals surface area contributed by atoms with Crippen molar-refractivity contribution >= 4 is 17.6 Å². The zero-order valence-corrected chi connectivity index (χ0v) is 15.4. The van der Waals surface area contributed by atoms with Crippen molar-refractivity contribution in [3.05, 3.63) is 65.7 Å². The van der Waals surface area contributed by atoms with Gasteiger partial charge in [-0.25, -0.2) is 4.79 Å². The third-order valence-electron chi connectivity index (χ3n) is 4.82. The first kappa shape index (κ1) is 18.9. The van der Waals surface area contributed by atoms with E-state index in [0.717, 1.165) is 6.42 Å². The summed E-state index contributed by atoms with van der Waals surface area (Å²) >= 11 is 0. The third kappa shape index (κ3) is 4.86. The van der Waals surface area contributed by atoms with Crippen LogP contribution in [-0.4, -0.2) is 47.2 Å². The Morgan fingerprint density at radius 1 is 1.11 bits per heavy atom. The number of aryl methyl sites for hydroxylation is 1. The number of carbonyl (C=O) groups is 2. The smallest absolute Gasteiger partial charge is 0.322 e. The van der Waals surface area contributed by atoms with Crippen LogP contribution >= 0.6 is 0 Å². The first-order valence-corrected chi connectivity index (χ1v) is 9.17. The maximum atomic E-state index is 12.6. The molecule has 6 heteroatoms. The van der Waals surface area contributed by atoms with Crippen LogP contribution in [0.2, 0.25) is 0 Å². The molecule has 0 radical (unpaired) electrons. The van der Waals surface area contributed by atoms with Gasteiger partial charge < -0.3 is 20.6 Å². The van der Waals surface area contributed by atoms with E-state index in [1.165, 1.54) is 16.0 Å². The lowest BCUT2D eigenvalue weighted by Gasteiger charge is -2.24. The fourth-order valence-electron chi connectivity index (χ4n) is 3.33. The lowest BCUT2D eigenvalue weighted by Crippen LogP contribution is -2.47. The average molecular weight is 367 g/mol. The van der Waals surface area contributed by atoms with Crippen molar-refractivity contribution in [3.63, 3.8) is 0 Å². The second kappa shape index (κ2) is 8.68. The largest absolute Gasteiger partial charge is 0.391 e. The van der Waals surface area contributed by atoms with Gasteiger partial charge in [-0.05, 0) is 36.6 Å². The molecule has 3 rings (SSSR count). The van der Waals surface area contributed by atoms with Gasteiger partial charge in [0.05, 0.1) is 6.10 Å². The van der Waals surface area contributed by atoms with Gasteiger partial charge in [0.25, 0.3) is 0 Å². The summed E-state index contributed by atoms with van der Waals surface area (Å²) in [5.74, 6) is -0.233. The van der Waals surface area contributed by atoms with Crippen molar-refractivity contribution < 1.29 is 14.7 Å². The van der Waals surface area contributed by atoms with Gasteiger partial charge in [-0.2, -0.15) is 0 Å². The molecule has 1 aliphatic heterocycles. The van der Waals surface area contributed by atoms with Gasteiger partial charge in [0, 0.05) is 25.2 Å². The minimum atomic E-state index is -0.696. The molecule has 0 saturated carbocycles. The van der Waals surface area contributed by atoms with E-state index in [1.54, 1.807) is 12.1 Å². The number of nitrogens with one attached hydrogen (secondary N) is 2. The molecule has 0 spiro atoms. The first-order valence-electron chi connectivity index (χ1n) is 9.17. The monoisotopic (exact) mass is 367 g/mol. The van der Waals surface area contributed by atoms with Crippen molar-refractivity contribution in [1.29, 1.82) is 0 Å². The molecule has 1 fully saturated rings. The summed E-state index contributed by atoms with van der Waals surface area (Å²) in [4.78, 5) is 26.5. The summed E-state index contributed by atoms with van der Waals surface area (Å²) in [5.41, 5.74) is 3.03. The van der Waals surface area contributed by atoms with Gasteiger partial charge in [0.2, 0.25) is 5.91 Å². The van der Waals surface area contributed by atoms with Crippen LogP contribution in [-0.2, 0) is 11.2 Å². The number of β-amino-alcohol motifs (C(OH)–C–C–N with tert-alkyl or cyclic N) is 1. The van der Waals surface area contributed by atoms with Crippen LogP contribution < -0.4 is 10.6 Å². The lowest BCUT2D eigenvalue weighted by atomic mass is 10.1. The standard InChI is InChI=1S/C21H25N3O3/c1-15-7-5-6-8-16(15)11-12-22-20(26)19-13-18(25)14-24(19)21(27)23-17-9-3-2-4-10-17/h2-10,18-19,25H,11-14H2,1H3,(H,22,26)(H,23,27)/t18-,19+/m0/s1. The number of aliphatic hydroxyl groups excluding tert-OH is 1. The van der Waals surface area contributed by atoms with E-state index in [0.29, 0.717) is 12.2 Å². The van der Waals surface area contributed by atoms with E-state index in [9.17, 15) is 14.7 Å². The molecule has 0 unspecified atom stereocenters. The van der Waals surface area contributed by atoms with Crippen LogP contribution in [0.1, 0.15) is 17.5 Å². The molecule has 0 aromatic heterocycles. The van der Waals surface area contributed by atoms with E-state index >= 15 is 0 Å². The molecule has 1 heterocycles. The number of hydrogen-bond donors (Lipinski definition) is 3. The van der Waals surface area contributed by atoms with Crippen molar-refractivity contribution in [2.24, 2.45) is 0 Å². The van der Waals surface area contributed by atoms with Crippen LogP contribution in [0.5, 0.6) is 0 Å². The van der Waals surface area contributed by atoms with Crippen molar-refractivity contribution in [2.45, 2.75) is 31.9 Å². The van der Waals surface area contributed by atoms with Crippen molar-refractivity contribution in [3.8, 4) is 0 Å². The SMILES string of the molecule is Cc1ccccc1CCNC(=O)[C@H]1C[C@H](O)CN1C(=O)Nc1ccccc1. The predicted molar refractivity (Wildman–Crippen MR) is 104 cm³/mol. The number of benzene rings is 2. The second-order valence-electron chi connectivity index (χ2n) is 6.82. The highest BCUT2D eigenvalue weighted by Gasteiger charge is 2.38. The number of carbonyl (C=O) groups excluding carboxylic acids is 2. The van der Waals surface area contributed by atoms with Crippen LogP contribution in [0.25, 0.3) is 0 Å². The number of para-hydroxylation sites is 1. The second-order valence-corrected chi connectivity index (χ2v) is 6.82. The highest BCUT2D eigenvalue weighted by molar-refractivity contribution is 5.94. The zero-order valence-electron chi connectivity index (χ0n) is 15.4. The molecule has 1 saturated heterocycles. The molecule has 3 N–H and O–H groups in total. The molecule has 142 valence electrons. The average Bonchev–Trinajstić information content (AvgIpc) is 3.06. The van der Waals surface area contributed by atoms with Gasteiger partial charge >= 0.3 is 6.03 Å². The number of amides is 3. The minimum absolute atomic E-state index is 0.147. The van der Waals surface area contributed by atoms with Gasteiger partial charge in [-0.3, -0.25) is 4.79 Å². The van der Waals surface area contributed by atoms with Gasteiger partial charge in [0.15, 0.2) is 0 Å². The Kier molecular flexibility index (Phi) is 6.08. The first-order chi connectivity index (χ1) is 13.0. The fraction of sp³-hybridized carbons (Fsp3) is 0.333. The Labute approximate surface area is 159 Å². The summed E-state index contributed by atoms with van der Waals surface area (Å²) in [7, 11) is 0. The summed E-state index contributed by atoms with van der Waals surface area (Å²) in [6.07, 6.45) is 0.279. The van der Waals surface area contributed by atoms with Crippen LogP contribution in [0.4, 0.5) is 10.5 Å². The van der Waals surface area contributed by atoms with Crippen LogP contribution in [0.3, 0.4) is 0 Å². The molecule has 0 aliphatic carbocycles. The number of aliphatic hydroxyl groups is 1. The Hall–Kier alpha value is -2.86. The zero-order chi connectivity index (χ0) is 19.2. The maximum absolute atomic E-state index is 12.6. The Morgan fingerprint density at radius 3 is 2.56 bits per heavy atom. The lowest BCUT2D eigenvalue weighted by molar-refractivity contribution is -0.124. The van der Waals surface area contributed by atoms with Crippen LogP contribution in [0, 0.1) is 6.92 Å². The van der Waals surface area contributed by atoms with Crippen molar-refractivity contribution in [1.82, 2.24) is 10.2 Å². The fourth-order valence-corrected chi connectivity index (χ4v) is 3.33. The molecule has 27 heavy (non-hydrogen) atoms. The molecule has 2 aromatic carbocycles. The van der Waals surface area contributed by atoms with E-state index < -0.39 is 12.1 Å². The molecule has 0 bridgehead atoms.